The molecule has 0 aliphatic rings. The number of rotatable bonds is 3. The molecule has 0 heterocycles. The summed E-state index contributed by atoms with van der Waals surface area (Å²) in [6, 6.07) is 6.82. The molecule has 0 spiro atoms. The Morgan fingerprint density at radius 2 is 1.92 bits per heavy atom. The van der Waals surface area contributed by atoms with Gasteiger partial charge in [0, 0.05) is 0 Å². The van der Waals surface area contributed by atoms with Gasteiger partial charge in [0.25, 0.3) is 0 Å². The second kappa shape index (κ2) is 3.92. The summed E-state index contributed by atoms with van der Waals surface area (Å²) in [6.07, 6.45) is 0.636. The van der Waals surface area contributed by atoms with Gasteiger partial charge in [-0.25, -0.2) is 8.42 Å². The van der Waals surface area contributed by atoms with Crippen molar-refractivity contribution in [2.45, 2.75) is 18.2 Å². The van der Waals surface area contributed by atoms with E-state index in [4.69, 9.17) is 0 Å². The minimum Gasteiger partial charge on any atom is -0.224 e. The van der Waals surface area contributed by atoms with Crippen molar-refractivity contribution < 1.29 is 8.42 Å². The quantitative estimate of drug-likeness (QED) is 0.743. The van der Waals surface area contributed by atoms with E-state index in [1.165, 1.54) is 0 Å². The van der Waals surface area contributed by atoms with E-state index in [1.54, 1.807) is 24.3 Å². The first-order valence-electron chi connectivity index (χ1n) is 4.21. The van der Waals surface area contributed by atoms with Crippen LogP contribution in [0.4, 0.5) is 0 Å². The van der Waals surface area contributed by atoms with Crippen LogP contribution in [-0.2, 0) is 9.84 Å². The Morgan fingerprint density at radius 1 is 1.31 bits per heavy atom. The molecule has 0 saturated carbocycles. The largest absolute Gasteiger partial charge is 0.224 e. The van der Waals surface area contributed by atoms with Crippen LogP contribution in [0.2, 0.25) is 0 Å². The smallest absolute Gasteiger partial charge is 0.178 e. The van der Waals surface area contributed by atoms with Gasteiger partial charge in [0.2, 0.25) is 0 Å². The van der Waals surface area contributed by atoms with E-state index in [9.17, 15) is 8.42 Å². The Morgan fingerprint density at radius 3 is 2.46 bits per heavy atom. The molecular weight excluding hydrogens is 184 g/mol. The van der Waals surface area contributed by atoms with E-state index in [-0.39, 0.29) is 5.75 Å². The lowest BCUT2D eigenvalue weighted by Gasteiger charge is -2.05. The van der Waals surface area contributed by atoms with Crippen LogP contribution < -0.4 is 0 Å². The normalized spacial score (nSPS) is 11.5. The Kier molecular flexibility index (Phi) is 3.09. The van der Waals surface area contributed by atoms with Gasteiger partial charge in [0.1, 0.15) is 0 Å². The molecule has 1 aromatic carbocycles. The Labute approximate surface area is 79.5 Å². The minimum absolute atomic E-state index is 0.194. The van der Waals surface area contributed by atoms with E-state index in [0.29, 0.717) is 16.9 Å². The fourth-order valence-electron chi connectivity index (χ4n) is 1.19. The van der Waals surface area contributed by atoms with Crippen molar-refractivity contribution in [2.75, 3.05) is 5.75 Å². The van der Waals surface area contributed by atoms with Crippen LogP contribution in [0.5, 0.6) is 0 Å². The second-order valence-electron chi connectivity index (χ2n) is 2.93. The van der Waals surface area contributed by atoms with Crippen LogP contribution in [-0.4, -0.2) is 14.2 Å². The lowest BCUT2D eigenvalue weighted by Crippen LogP contribution is -2.07. The minimum atomic E-state index is -3.10. The monoisotopic (exact) mass is 197 g/mol. The highest BCUT2D eigenvalue weighted by atomic mass is 32.2. The lowest BCUT2D eigenvalue weighted by atomic mass is 10.2. The molecule has 2 nitrogen and oxygen atoms in total. The number of sulfone groups is 1. The number of hydrogen-bond donors (Lipinski definition) is 0. The van der Waals surface area contributed by atoms with Crippen molar-refractivity contribution in [3.05, 3.63) is 36.8 Å². The first-order chi connectivity index (χ1) is 6.08. The van der Waals surface area contributed by atoms with E-state index < -0.39 is 9.84 Å². The molecule has 0 aromatic heterocycles. The summed E-state index contributed by atoms with van der Waals surface area (Å²) in [5.74, 6) is 0.194. The fourth-order valence-corrected chi connectivity index (χ4v) is 2.70. The van der Waals surface area contributed by atoms with Crippen LogP contribution in [0, 0.1) is 6.92 Å². The van der Waals surface area contributed by atoms with Crippen LogP contribution in [0.25, 0.3) is 0 Å². The molecule has 1 radical (unpaired) electrons. The third-order valence-electron chi connectivity index (χ3n) is 1.78. The molecule has 0 saturated heterocycles. The Hall–Kier alpha value is -0.830. The van der Waals surface area contributed by atoms with Crippen molar-refractivity contribution in [1.82, 2.24) is 0 Å². The van der Waals surface area contributed by atoms with Gasteiger partial charge in [-0.2, -0.15) is 0 Å². The standard InChI is InChI=1S/C10H13O2S/c1-3-8-13(11,12)10-7-5-4-6-9(10)2/h4-7H,2-3,8H2,1H3. The average Bonchev–Trinajstić information content (AvgIpc) is 2.04. The van der Waals surface area contributed by atoms with Gasteiger partial charge in [0.15, 0.2) is 9.84 Å². The third-order valence-corrected chi connectivity index (χ3v) is 3.79. The molecule has 71 valence electrons. The molecular formula is C10H13O2S. The second-order valence-corrected chi connectivity index (χ2v) is 5.00. The zero-order chi connectivity index (χ0) is 9.90. The molecule has 1 aromatic rings. The van der Waals surface area contributed by atoms with Gasteiger partial charge in [-0.05, 0) is 25.0 Å². The van der Waals surface area contributed by atoms with E-state index >= 15 is 0 Å². The number of benzene rings is 1. The molecule has 0 atom stereocenters. The first kappa shape index (κ1) is 10.3. The van der Waals surface area contributed by atoms with Crippen LogP contribution in [0.3, 0.4) is 0 Å². The summed E-state index contributed by atoms with van der Waals surface area (Å²) in [7, 11) is -3.10. The number of hydrogen-bond acceptors (Lipinski definition) is 2. The van der Waals surface area contributed by atoms with Crippen LogP contribution >= 0.6 is 0 Å². The Bertz CT molecular complexity index is 380. The summed E-state index contributed by atoms with van der Waals surface area (Å²) < 4.78 is 23.2. The molecule has 0 fully saturated rings. The van der Waals surface area contributed by atoms with Crippen molar-refractivity contribution in [3.63, 3.8) is 0 Å². The maximum atomic E-state index is 11.6. The maximum Gasteiger partial charge on any atom is 0.178 e. The van der Waals surface area contributed by atoms with Crippen molar-refractivity contribution in [2.24, 2.45) is 0 Å². The van der Waals surface area contributed by atoms with Gasteiger partial charge in [-0.3, -0.25) is 0 Å². The Balaban J connectivity index is 3.15. The lowest BCUT2D eigenvalue weighted by molar-refractivity contribution is 0.594. The summed E-state index contributed by atoms with van der Waals surface area (Å²) >= 11 is 0. The first-order valence-corrected chi connectivity index (χ1v) is 5.87. The molecule has 0 aliphatic heterocycles. The molecule has 13 heavy (non-hydrogen) atoms. The van der Waals surface area contributed by atoms with Gasteiger partial charge < -0.3 is 0 Å². The molecule has 0 aliphatic carbocycles. The summed E-state index contributed by atoms with van der Waals surface area (Å²) in [5, 5.41) is 0. The van der Waals surface area contributed by atoms with Gasteiger partial charge in [-0.15, -0.1) is 0 Å². The van der Waals surface area contributed by atoms with Crippen LogP contribution in [0.1, 0.15) is 18.9 Å². The predicted octanol–water partition coefficient (Wildman–Crippen LogP) is 2.05. The molecule has 1 rings (SSSR count). The van der Waals surface area contributed by atoms with Gasteiger partial charge in [0.05, 0.1) is 10.6 Å². The zero-order valence-corrected chi connectivity index (χ0v) is 8.47. The highest BCUT2D eigenvalue weighted by Crippen LogP contribution is 2.16. The van der Waals surface area contributed by atoms with Crippen LogP contribution in [0.15, 0.2) is 29.2 Å². The summed E-state index contributed by atoms with van der Waals surface area (Å²) in [5.41, 5.74) is 0.580. The van der Waals surface area contributed by atoms with E-state index in [0.717, 1.165) is 0 Å². The highest BCUT2D eigenvalue weighted by Gasteiger charge is 2.14. The molecule has 0 amide bonds. The summed E-state index contributed by atoms with van der Waals surface area (Å²) in [4.78, 5) is 0.358. The van der Waals surface area contributed by atoms with Gasteiger partial charge in [-0.1, -0.05) is 25.1 Å². The third kappa shape index (κ3) is 2.31. The van der Waals surface area contributed by atoms with Crippen molar-refractivity contribution >= 4 is 9.84 Å². The molecule has 0 unspecified atom stereocenters. The molecule has 0 bridgehead atoms. The molecule has 0 N–H and O–H groups in total. The SMILES string of the molecule is [CH2]c1ccccc1S(=O)(=O)CCC. The highest BCUT2D eigenvalue weighted by molar-refractivity contribution is 7.91. The van der Waals surface area contributed by atoms with Crippen molar-refractivity contribution in [3.8, 4) is 0 Å². The predicted molar refractivity (Wildman–Crippen MR) is 53.2 cm³/mol. The maximum absolute atomic E-state index is 11.6. The van der Waals surface area contributed by atoms with Crippen molar-refractivity contribution in [1.29, 1.82) is 0 Å². The average molecular weight is 197 g/mol. The zero-order valence-electron chi connectivity index (χ0n) is 7.66. The van der Waals surface area contributed by atoms with E-state index in [2.05, 4.69) is 6.92 Å². The fraction of sp³-hybridized carbons (Fsp3) is 0.300. The van der Waals surface area contributed by atoms with Gasteiger partial charge >= 0.3 is 0 Å². The van der Waals surface area contributed by atoms with E-state index in [1.807, 2.05) is 6.92 Å². The summed E-state index contributed by atoms with van der Waals surface area (Å²) in [6.45, 7) is 5.54. The topological polar surface area (TPSA) is 34.1 Å². The molecule has 3 heteroatoms.